The molecule has 0 bridgehead atoms. The molecule has 3 rings (SSSR count). The standard InChI is InChI=1S/C19H27FN2O/c1-3-14-12-22(19(23)15-8-9-15)11-10-18(14)21-13(2)16-6-4-5-7-17(16)20/h4-7,13-15,18,21H,3,8-12H2,1-2H3/t13-,14+,18-/m0/s1. The van der Waals surface area contributed by atoms with Crippen molar-refractivity contribution < 1.29 is 9.18 Å². The minimum Gasteiger partial charge on any atom is -0.342 e. The second-order valence-corrected chi connectivity index (χ2v) is 7.03. The summed E-state index contributed by atoms with van der Waals surface area (Å²) in [4.78, 5) is 14.3. The van der Waals surface area contributed by atoms with E-state index in [1.54, 1.807) is 6.07 Å². The summed E-state index contributed by atoms with van der Waals surface area (Å²) in [5.41, 5.74) is 0.721. The van der Waals surface area contributed by atoms with Crippen molar-refractivity contribution in [1.82, 2.24) is 10.2 Å². The highest BCUT2D eigenvalue weighted by Crippen LogP contribution is 2.33. The smallest absolute Gasteiger partial charge is 0.225 e. The van der Waals surface area contributed by atoms with Crippen molar-refractivity contribution in [2.24, 2.45) is 11.8 Å². The number of carbonyl (C=O) groups is 1. The number of hydrogen-bond acceptors (Lipinski definition) is 2. The number of benzene rings is 1. The van der Waals surface area contributed by atoms with Crippen LogP contribution < -0.4 is 5.32 Å². The molecule has 0 radical (unpaired) electrons. The van der Waals surface area contributed by atoms with E-state index in [-0.39, 0.29) is 11.9 Å². The lowest BCUT2D eigenvalue weighted by Gasteiger charge is -2.40. The summed E-state index contributed by atoms with van der Waals surface area (Å²) in [6, 6.07) is 7.30. The average molecular weight is 318 g/mol. The summed E-state index contributed by atoms with van der Waals surface area (Å²) in [7, 11) is 0. The summed E-state index contributed by atoms with van der Waals surface area (Å²) in [6.45, 7) is 5.87. The Morgan fingerprint density at radius 3 is 2.74 bits per heavy atom. The number of likely N-dealkylation sites (tertiary alicyclic amines) is 1. The van der Waals surface area contributed by atoms with E-state index in [4.69, 9.17) is 0 Å². The SMILES string of the molecule is CC[C@@H]1CN(C(=O)C2CC2)CC[C@@H]1N[C@@H](C)c1ccccc1F. The number of carbonyl (C=O) groups excluding carboxylic acids is 1. The lowest BCUT2D eigenvalue weighted by molar-refractivity contribution is -0.134. The number of nitrogens with zero attached hydrogens (tertiary/aromatic N) is 1. The van der Waals surface area contributed by atoms with Crippen molar-refractivity contribution in [1.29, 1.82) is 0 Å². The van der Waals surface area contributed by atoms with Gasteiger partial charge in [-0.1, -0.05) is 31.5 Å². The first kappa shape index (κ1) is 16.4. The van der Waals surface area contributed by atoms with Crippen molar-refractivity contribution in [2.45, 2.75) is 51.6 Å². The molecule has 1 aromatic carbocycles. The van der Waals surface area contributed by atoms with E-state index in [2.05, 4.69) is 17.1 Å². The molecule has 3 nitrogen and oxygen atoms in total. The van der Waals surface area contributed by atoms with E-state index >= 15 is 0 Å². The highest BCUT2D eigenvalue weighted by atomic mass is 19.1. The predicted octanol–water partition coefficient (Wildman–Crippen LogP) is 3.51. The Hall–Kier alpha value is -1.42. The molecule has 2 fully saturated rings. The van der Waals surface area contributed by atoms with Gasteiger partial charge in [0.05, 0.1) is 0 Å². The quantitative estimate of drug-likeness (QED) is 0.901. The van der Waals surface area contributed by atoms with Crippen LogP contribution in [0, 0.1) is 17.7 Å². The lowest BCUT2D eigenvalue weighted by Crippen LogP contribution is -2.51. The number of piperidine rings is 1. The Bertz CT molecular complexity index is 558. The Morgan fingerprint density at radius 2 is 2.09 bits per heavy atom. The fourth-order valence-corrected chi connectivity index (χ4v) is 3.69. The molecule has 1 amide bonds. The molecule has 1 heterocycles. The zero-order valence-corrected chi connectivity index (χ0v) is 14.1. The zero-order chi connectivity index (χ0) is 16.4. The molecule has 2 aliphatic rings. The van der Waals surface area contributed by atoms with Crippen LogP contribution in [0.4, 0.5) is 4.39 Å². The summed E-state index contributed by atoms with van der Waals surface area (Å²) in [6.07, 6.45) is 4.13. The van der Waals surface area contributed by atoms with Gasteiger partial charge in [-0.05, 0) is 38.2 Å². The lowest BCUT2D eigenvalue weighted by atomic mass is 9.88. The highest BCUT2D eigenvalue weighted by molar-refractivity contribution is 5.81. The van der Waals surface area contributed by atoms with Crippen LogP contribution >= 0.6 is 0 Å². The topological polar surface area (TPSA) is 32.3 Å². The molecular weight excluding hydrogens is 291 g/mol. The van der Waals surface area contributed by atoms with Gasteiger partial charge < -0.3 is 10.2 Å². The maximum atomic E-state index is 13.9. The van der Waals surface area contributed by atoms with Crippen molar-refractivity contribution in [3.63, 3.8) is 0 Å². The van der Waals surface area contributed by atoms with Gasteiger partial charge in [-0.15, -0.1) is 0 Å². The molecule has 1 aliphatic heterocycles. The summed E-state index contributed by atoms with van der Waals surface area (Å²) >= 11 is 0. The minimum atomic E-state index is -0.151. The zero-order valence-electron chi connectivity index (χ0n) is 14.1. The molecule has 3 atom stereocenters. The van der Waals surface area contributed by atoms with Gasteiger partial charge in [0, 0.05) is 36.7 Å². The fourth-order valence-electron chi connectivity index (χ4n) is 3.69. The molecular formula is C19H27FN2O. The fraction of sp³-hybridized carbons (Fsp3) is 0.632. The number of rotatable bonds is 5. The van der Waals surface area contributed by atoms with E-state index in [1.165, 1.54) is 6.07 Å². The highest BCUT2D eigenvalue weighted by Gasteiger charge is 2.37. The first-order valence-corrected chi connectivity index (χ1v) is 8.89. The first-order valence-electron chi connectivity index (χ1n) is 8.89. The van der Waals surface area contributed by atoms with Gasteiger partial charge in [0.15, 0.2) is 0 Å². The van der Waals surface area contributed by atoms with E-state index in [0.29, 0.717) is 23.8 Å². The number of halogens is 1. The number of hydrogen-bond donors (Lipinski definition) is 1. The van der Waals surface area contributed by atoms with Crippen LogP contribution in [-0.2, 0) is 4.79 Å². The summed E-state index contributed by atoms with van der Waals surface area (Å²) < 4.78 is 13.9. The molecule has 1 N–H and O–H groups in total. The van der Waals surface area contributed by atoms with Gasteiger partial charge >= 0.3 is 0 Å². The van der Waals surface area contributed by atoms with Crippen molar-refractivity contribution >= 4 is 5.91 Å². The van der Waals surface area contributed by atoms with E-state index in [9.17, 15) is 9.18 Å². The third-order valence-corrected chi connectivity index (χ3v) is 5.33. The Kier molecular flexibility index (Phi) is 5.00. The number of nitrogens with one attached hydrogen (secondary N) is 1. The Labute approximate surface area is 138 Å². The van der Waals surface area contributed by atoms with Gasteiger partial charge in [-0.3, -0.25) is 4.79 Å². The van der Waals surface area contributed by atoms with E-state index in [1.807, 2.05) is 19.1 Å². The van der Waals surface area contributed by atoms with Crippen molar-refractivity contribution in [2.75, 3.05) is 13.1 Å². The van der Waals surface area contributed by atoms with Crippen LogP contribution in [0.3, 0.4) is 0 Å². The molecule has 0 spiro atoms. The van der Waals surface area contributed by atoms with E-state index in [0.717, 1.165) is 44.3 Å². The summed E-state index contributed by atoms with van der Waals surface area (Å²) in [5.74, 6) is 0.945. The van der Waals surface area contributed by atoms with E-state index < -0.39 is 0 Å². The van der Waals surface area contributed by atoms with Gasteiger partial charge in [-0.25, -0.2) is 4.39 Å². The molecule has 1 saturated heterocycles. The van der Waals surface area contributed by atoms with Crippen molar-refractivity contribution in [3.8, 4) is 0 Å². The second kappa shape index (κ2) is 7.00. The second-order valence-electron chi connectivity index (χ2n) is 7.03. The van der Waals surface area contributed by atoms with Crippen LogP contribution in [0.5, 0.6) is 0 Å². The van der Waals surface area contributed by atoms with Gasteiger partial charge in [0.1, 0.15) is 5.82 Å². The molecule has 23 heavy (non-hydrogen) atoms. The third-order valence-electron chi connectivity index (χ3n) is 5.33. The summed E-state index contributed by atoms with van der Waals surface area (Å²) in [5, 5.41) is 3.60. The van der Waals surface area contributed by atoms with Crippen LogP contribution in [0.1, 0.15) is 51.1 Å². The Morgan fingerprint density at radius 1 is 1.35 bits per heavy atom. The van der Waals surface area contributed by atoms with Crippen LogP contribution in [-0.4, -0.2) is 29.9 Å². The maximum absolute atomic E-state index is 13.9. The Balaban J connectivity index is 1.61. The van der Waals surface area contributed by atoms with Crippen LogP contribution in [0.2, 0.25) is 0 Å². The molecule has 0 unspecified atom stereocenters. The molecule has 1 aromatic rings. The predicted molar refractivity (Wildman–Crippen MR) is 89.4 cm³/mol. The largest absolute Gasteiger partial charge is 0.342 e. The van der Waals surface area contributed by atoms with Crippen molar-refractivity contribution in [3.05, 3.63) is 35.6 Å². The maximum Gasteiger partial charge on any atom is 0.225 e. The monoisotopic (exact) mass is 318 g/mol. The minimum absolute atomic E-state index is 0.0130. The molecule has 1 aliphatic carbocycles. The van der Waals surface area contributed by atoms with Crippen LogP contribution in [0.15, 0.2) is 24.3 Å². The number of amides is 1. The molecule has 4 heteroatoms. The van der Waals surface area contributed by atoms with Crippen LogP contribution in [0.25, 0.3) is 0 Å². The van der Waals surface area contributed by atoms with Gasteiger partial charge in [0.25, 0.3) is 0 Å². The average Bonchev–Trinajstić information content (AvgIpc) is 3.39. The molecule has 1 saturated carbocycles. The molecule has 0 aromatic heterocycles. The van der Waals surface area contributed by atoms with Gasteiger partial charge in [0.2, 0.25) is 5.91 Å². The normalized spacial score (nSPS) is 26.1. The first-order chi connectivity index (χ1) is 11.1. The van der Waals surface area contributed by atoms with Gasteiger partial charge in [-0.2, -0.15) is 0 Å². The third kappa shape index (κ3) is 3.74. The molecule has 126 valence electrons.